The van der Waals surface area contributed by atoms with Gasteiger partial charge in [-0.15, -0.1) is 0 Å². The minimum atomic E-state index is -1.15. The number of imide groups is 1. The van der Waals surface area contributed by atoms with Crippen LogP contribution in [0.4, 0.5) is 0 Å². The van der Waals surface area contributed by atoms with Crippen LogP contribution in [0.3, 0.4) is 0 Å². The van der Waals surface area contributed by atoms with Gasteiger partial charge in [0.15, 0.2) is 0 Å². The maximum absolute atomic E-state index is 14.7. The van der Waals surface area contributed by atoms with E-state index in [1.807, 2.05) is 41.5 Å². The third kappa shape index (κ3) is 16.9. The number of methoxy groups -OCH3 is 2. The Morgan fingerprint density at radius 2 is 1.55 bits per heavy atom. The fraction of sp³-hybridized carbons (Fsp3) is 0.789. The van der Waals surface area contributed by atoms with Crippen molar-refractivity contribution in [2.45, 2.75) is 213 Å². The van der Waals surface area contributed by atoms with Crippen molar-refractivity contribution in [3.05, 3.63) is 22.8 Å². The summed E-state index contributed by atoms with van der Waals surface area (Å²) in [5.41, 5.74) is 3.44. The molecule has 430 valence electrons. The first kappa shape index (κ1) is 66.1. The predicted molar refractivity (Wildman–Crippen MR) is 302 cm³/mol. The average molecular weight is 1090 g/mol. The molecule has 3 aliphatic rings. The standard InChI is InChI=1S/C57H97BN6O11S/c1-18-34(7)50(43(74-16)30-46(66)63-27-23-24-42(63)51(75-17)39(12)52(68)59-41(56(72)73)29-40-28-35(8)36(9)37(10)38(40)11)62(15)55(71)48(32(3)4)60-53(69)49(33(5)6)61(14)45(65)25-21-20-22-26-64-47(67)31-44(54(64)70)76-57(13,58)19-2/h28,32-35,38-39,41-44,48-51H,18-27,29-31,58H2,1-17H3,(H,59,68)(H,60,69)(H,72,73)/t34-,35?,38?,39+,41-,42-,43+,44?,48-,49-,50-,51+,57?/m0/s1. The summed E-state index contributed by atoms with van der Waals surface area (Å²) in [5, 5.41) is 15.7. The Bertz CT molecular complexity index is 2120. The molecule has 0 spiro atoms. The summed E-state index contributed by atoms with van der Waals surface area (Å²) in [4.78, 5) is 115. The number of carbonyl (C=O) groups is 8. The molecule has 0 saturated carbocycles. The lowest BCUT2D eigenvalue weighted by atomic mass is 9.77. The van der Waals surface area contributed by atoms with Gasteiger partial charge in [0.2, 0.25) is 41.4 Å². The number of rotatable bonds is 30. The Balaban J connectivity index is 1.69. The third-order valence-corrected chi connectivity index (χ3v) is 18.6. The molecule has 17 nitrogen and oxygen atoms in total. The first-order valence-electron chi connectivity index (χ1n) is 28.1. The summed E-state index contributed by atoms with van der Waals surface area (Å²) in [6.07, 6.45) is 5.54. The van der Waals surface area contributed by atoms with Crippen molar-refractivity contribution in [3.8, 4) is 0 Å². The molecule has 2 saturated heterocycles. The van der Waals surface area contributed by atoms with E-state index in [0.717, 1.165) is 12.0 Å². The van der Waals surface area contributed by atoms with Crippen molar-refractivity contribution in [2.75, 3.05) is 41.4 Å². The number of allylic oxidation sites excluding steroid dienone is 3. The molecule has 19 heteroatoms. The minimum absolute atomic E-state index is 0.0542. The number of thioether (sulfide) groups is 1. The van der Waals surface area contributed by atoms with Gasteiger partial charge >= 0.3 is 5.97 Å². The number of aliphatic carboxylic acids is 1. The Labute approximate surface area is 461 Å². The van der Waals surface area contributed by atoms with Crippen LogP contribution in [0.2, 0.25) is 0 Å². The molecule has 1 aliphatic carbocycles. The minimum Gasteiger partial charge on any atom is -0.480 e. The molecule has 13 atom stereocenters. The average Bonchev–Trinajstić information content (AvgIpc) is 3.95. The number of ether oxygens (including phenoxy) is 2. The van der Waals surface area contributed by atoms with Gasteiger partial charge in [0, 0.05) is 54.2 Å². The van der Waals surface area contributed by atoms with Crippen LogP contribution in [-0.4, -0.2) is 174 Å². The van der Waals surface area contributed by atoms with E-state index in [9.17, 15) is 43.5 Å². The highest BCUT2D eigenvalue weighted by atomic mass is 32.2. The summed E-state index contributed by atoms with van der Waals surface area (Å²) in [6, 6.07) is -4.06. The van der Waals surface area contributed by atoms with Gasteiger partial charge in [-0.05, 0) is 86.6 Å². The van der Waals surface area contributed by atoms with Gasteiger partial charge in [-0.2, -0.15) is 11.8 Å². The van der Waals surface area contributed by atoms with E-state index in [-0.39, 0.29) is 94.7 Å². The molecular weight excluding hydrogens is 988 g/mol. The summed E-state index contributed by atoms with van der Waals surface area (Å²) in [7, 11) is 8.35. The Morgan fingerprint density at radius 1 is 0.908 bits per heavy atom. The zero-order valence-corrected chi connectivity index (χ0v) is 50.4. The largest absolute Gasteiger partial charge is 0.480 e. The van der Waals surface area contributed by atoms with Crippen molar-refractivity contribution in [3.63, 3.8) is 0 Å². The van der Waals surface area contributed by atoms with E-state index in [0.29, 0.717) is 51.6 Å². The highest BCUT2D eigenvalue weighted by Gasteiger charge is 2.45. The Morgan fingerprint density at radius 3 is 2.11 bits per heavy atom. The van der Waals surface area contributed by atoms with Gasteiger partial charge in [-0.25, -0.2) is 4.79 Å². The molecule has 76 heavy (non-hydrogen) atoms. The van der Waals surface area contributed by atoms with E-state index in [2.05, 4.69) is 66.1 Å². The third-order valence-electron chi connectivity index (χ3n) is 17.0. The second-order valence-corrected chi connectivity index (χ2v) is 25.3. The van der Waals surface area contributed by atoms with Crippen LogP contribution in [0.5, 0.6) is 0 Å². The highest BCUT2D eigenvalue weighted by molar-refractivity contribution is 8.03. The molecule has 4 unspecified atom stereocenters. The number of likely N-dealkylation sites (tertiary alicyclic amines) is 2. The van der Waals surface area contributed by atoms with E-state index in [1.54, 1.807) is 42.6 Å². The maximum Gasteiger partial charge on any atom is 0.326 e. The monoisotopic (exact) mass is 1080 g/mol. The molecule has 0 aromatic rings. The normalized spacial score (nSPS) is 23.1. The summed E-state index contributed by atoms with van der Waals surface area (Å²) < 4.78 is 12.0. The number of unbranched alkanes of at least 4 members (excludes halogenated alkanes) is 2. The number of likely N-dealkylation sites (N-methyl/N-ethyl adjacent to an activating group) is 2. The van der Waals surface area contributed by atoms with Crippen molar-refractivity contribution in [1.29, 1.82) is 0 Å². The fourth-order valence-electron chi connectivity index (χ4n) is 11.3. The van der Waals surface area contributed by atoms with Gasteiger partial charge in [0.25, 0.3) is 0 Å². The summed E-state index contributed by atoms with van der Waals surface area (Å²) in [6.45, 7) is 26.2. The zero-order chi connectivity index (χ0) is 57.7. The smallest absolute Gasteiger partial charge is 0.326 e. The van der Waals surface area contributed by atoms with Crippen molar-refractivity contribution in [2.24, 2.45) is 35.5 Å². The summed E-state index contributed by atoms with van der Waals surface area (Å²) >= 11 is 1.55. The number of amides is 7. The molecular formula is C57H97BN6O11S. The SMILES string of the molecule is BC(C)(CC)SC1CC(=O)N(CCCCCC(=O)N(C)[C@H](C(=O)N[C@H](C(=O)N(C)[C@@H]([C@@H](C)CC)[C@@H](CC(=O)N2CCC[C@H]2[C@H](OC)[C@@H](C)C(=O)N[C@@H](CC2=CC(C)C(C)=C(C)C2C)C(=O)O)OC)C(C)C)C(C)C)C1=O. The van der Waals surface area contributed by atoms with Gasteiger partial charge in [-0.1, -0.05) is 112 Å². The number of nitrogens with one attached hydrogen (secondary N) is 2. The number of carboxylic acids is 1. The van der Waals surface area contributed by atoms with Crippen LogP contribution >= 0.6 is 11.8 Å². The molecule has 2 aliphatic heterocycles. The van der Waals surface area contributed by atoms with Gasteiger partial charge in [-0.3, -0.25) is 38.5 Å². The lowest BCUT2D eigenvalue weighted by Crippen LogP contribution is -2.60. The molecule has 2 fully saturated rings. The van der Waals surface area contributed by atoms with Crippen molar-refractivity contribution < 1.29 is 52.9 Å². The molecule has 0 aromatic heterocycles. The second-order valence-electron chi connectivity index (χ2n) is 23.4. The lowest BCUT2D eigenvalue weighted by Gasteiger charge is -2.41. The van der Waals surface area contributed by atoms with Crippen LogP contribution in [0.1, 0.15) is 161 Å². The van der Waals surface area contributed by atoms with Crippen LogP contribution < -0.4 is 10.6 Å². The van der Waals surface area contributed by atoms with Gasteiger partial charge in [0.1, 0.15) is 26.0 Å². The van der Waals surface area contributed by atoms with E-state index in [4.69, 9.17) is 9.47 Å². The molecule has 0 aromatic carbocycles. The molecule has 3 N–H and O–H groups in total. The van der Waals surface area contributed by atoms with E-state index >= 15 is 0 Å². The van der Waals surface area contributed by atoms with Crippen LogP contribution in [0, 0.1) is 35.5 Å². The molecule has 0 radical (unpaired) electrons. The molecule has 7 amide bonds. The molecule has 0 bridgehead atoms. The van der Waals surface area contributed by atoms with Crippen LogP contribution in [0.15, 0.2) is 22.8 Å². The zero-order valence-electron chi connectivity index (χ0n) is 49.6. The molecule has 3 rings (SSSR count). The van der Waals surface area contributed by atoms with Crippen molar-refractivity contribution >= 4 is 66.9 Å². The van der Waals surface area contributed by atoms with Gasteiger partial charge < -0.3 is 39.9 Å². The fourth-order valence-corrected chi connectivity index (χ4v) is 12.7. The van der Waals surface area contributed by atoms with Gasteiger partial charge in [0.05, 0.1) is 41.9 Å². The lowest BCUT2D eigenvalue weighted by molar-refractivity contribution is -0.149. The first-order valence-corrected chi connectivity index (χ1v) is 29.0. The van der Waals surface area contributed by atoms with E-state index in [1.165, 1.54) is 35.2 Å². The first-order chi connectivity index (χ1) is 35.5. The second kappa shape index (κ2) is 29.7. The highest BCUT2D eigenvalue weighted by Crippen LogP contribution is 2.37. The number of carboxylic acid groups (broad SMARTS) is 1. The van der Waals surface area contributed by atoms with E-state index < -0.39 is 66.1 Å². The maximum atomic E-state index is 14.7. The number of hydrogen-bond donors (Lipinski definition) is 3. The predicted octanol–water partition coefficient (Wildman–Crippen LogP) is 6.22. The summed E-state index contributed by atoms with van der Waals surface area (Å²) in [5.74, 6) is -4.55. The molecule has 2 heterocycles. The van der Waals surface area contributed by atoms with Crippen LogP contribution in [0.25, 0.3) is 0 Å². The number of nitrogens with zero attached hydrogens (tertiary/aromatic N) is 4. The van der Waals surface area contributed by atoms with Crippen molar-refractivity contribution in [1.82, 2.24) is 30.2 Å². The number of hydrogen-bond acceptors (Lipinski definition) is 11. The van der Waals surface area contributed by atoms with Crippen LogP contribution in [-0.2, 0) is 47.8 Å². The Kier molecular flexibility index (Phi) is 25.8. The quantitative estimate of drug-likeness (QED) is 0.0317. The number of carbonyl (C=O) groups excluding carboxylic acids is 7. The topological polar surface area (TPSA) is 212 Å². The Hall–Kier alpha value is -4.23.